The fraction of sp³-hybridized carbons (Fsp3) is 0.120. The van der Waals surface area contributed by atoms with Crippen LogP contribution in [-0.2, 0) is 12.6 Å². The molecule has 147 valence electrons. The van der Waals surface area contributed by atoms with E-state index in [1.165, 1.54) is 22.3 Å². The van der Waals surface area contributed by atoms with Crippen molar-refractivity contribution in [1.29, 1.82) is 0 Å². The summed E-state index contributed by atoms with van der Waals surface area (Å²) in [5.41, 5.74) is 4.99. The van der Waals surface area contributed by atoms with Crippen LogP contribution in [0.15, 0.2) is 91.0 Å². The van der Waals surface area contributed by atoms with E-state index in [1.807, 2.05) is 0 Å². The van der Waals surface area contributed by atoms with Gasteiger partial charge in [-0.15, -0.1) is 0 Å². The van der Waals surface area contributed by atoms with Crippen LogP contribution in [0.2, 0.25) is 4.63 Å². The molecular weight excluding hydrogens is 490 g/mol. The molecule has 0 spiro atoms. The maximum absolute atomic E-state index is 8.42. The molecule has 0 amide bonds. The van der Waals surface area contributed by atoms with Crippen molar-refractivity contribution < 1.29 is 12.6 Å². The van der Waals surface area contributed by atoms with Crippen molar-refractivity contribution in [2.24, 2.45) is 0 Å². The molecule has 2 unspecified atom stereocenters. The van der Waals surface area contributed by atoms with Gasteiger partial charge in [0.05, 0.1) is 0 Å². The predicted octanol–water partition coefficient (Wildman–Crippen LogP) is 6.25. The molecule has 3 aromatic carbocycles. The van der Waals surface area contributed by atoms with Crippen LogP contribution in [-0.4, -0.2) is 7.37 Å². The molecule has 2 atom stereocenters. The first kappa shape index (κ1) is 19.8. The Morgan fingerprint density at radius 3 is 1.55 bits per heavy atom. The Kier molecular flexibility index (Phi) is 3.64. The standard InChI is InChI=1S/2C9H7.C6H5.CH3.2ClH.H3Si.Zr/c2*1-2-5-9-7-3-6-8(9)4-1;1-2-4-6-5-3-1;;;;;/h2*1-7H;1-5H;1H3;2*1H;1H3;/q;;;;;;;+2/p-2. The summed E-state index contributed by atoms with van der Waals surface area (Å²) in [5.74, 6) is 0. The Bertz CT molecular complexity index is 1160. The normalized spacial score (nSPS) is 23.6. The Hall–Kier alpha value is -1.18. The molecule has 0 heterocycles. The minimum atomic E-state index is -5.75. The van der Waals surface area contributed by atoms with E-state index in [4.69, 9.17) is 17.0 Å². The molecule has 5 rings (SSSR count). The molecule has 0 nitrogen and oxygen atoms in total. The average molecular weight is 516 g/mol. The SMILES string of the molecule is [CH3][Zr]([SiH3])([Cl])([Cl])([c]1ccccc1)([CH]1C=Cc2ccccc21)[CH]1C=Cc2ccccc21. The van der Waals surface area contributed by atoms with E-state index >= 15 is 0 Å². The van der Waals surface area contributed by atoms with Gasteiger partial charge in [0.15, 0.2) is 0 Å². The summed E-state index contributed by atoms with van der Waals surface area (Å²) in [6, 6.07) is 27.7. The zero-order valence-corrected chi connectivity index (χ0v) is 22.7. The monoisotopic (exact) mass is 513 g/mol. The second kappa shape index (κ2) is 5.35. The van der Waals surface area contributed by atoms with Crippen molar-refractivity contribution in [2.45, 2.75) is 11.9 Å². The molecule has 0 aromatic heterocycles. The first-order valence-electron chi connectivity index (χ1n) is 10.3. The number of allylic oxidation sites excluding steroid dienone is 2. The van der Waals surface area contributed by atoms with Gasteiger partial charge >= 0.3 is 178 Å². The van der Waals surface area contributed by atoms with Gasteiger partial charge in [-0.2, -0.15) is 0 Å². The maximum atomic E-state index is 8.42. The summed E-state index contributed by atoms with van der Waals surface area (Å²) in [6.07, 6.45) is 9.01. The Balaban J connectivity index is 1.94. The van der Waals surface area contributed by atoms with Crippen molar-refractivity contribution >= 4 is 39.8 Å². The molecule has 0 saturated heterocycles. The molecule has 0 N–H and O–H groups in total. The topological polar surface area (TPSA) is 0 Å². The van der Waals surface area contributed by atoms with E-state index in [1.54, 1.807) is 0 Å². The molecule has 0 fully saturated rings. The Labute approximate surface area is 176 Å². The molecule has 3 aromatic rings. The number of hydrogen-bond acceptors (Lipinski definition) is 0. The third-order valence-electron chi connectivity index (χ3n) is 7.89. The fourth-order valence-corrected chi connectivity index (χ4v) is 37.6. The van der Waals surface area contributed by atoms with Gasteiger partial charge in [-0.25, -0.2) is 0 Å². The van der Waals surface area contributed by atoms with Crippen LogP contribution in [0, 0.1) is 0 Å². The Morgan fingerprint density at radius 2 is 1.07 bits per heavy atom. The predicted molar refractivity (Wildman–Crippen MR) is 130 cm³/mol. The first-order valence-corrected chi connectivity index (χ1v) is 31.5. The van der Waals surface area contributed by atoms with E-state index in [0.29, 0.717) is 7.37 Å². The van der Waals surface area contributed by atoms with E-state index in [-0.39, 0.29) is 7.25 Å². The van der Waals surface area contributed by atoms with Crippen LogP contribution < -0.4 is 3.27 Å². The van der Waals surface area contributed by atoms with E-state index < -0.39 is 12.6 Å². The van der Waals surface area contributed by atoms with E-state index in [0.717, 1.165) is 3.27 Å². The minimum absolute atomic E-state index is 0.0128. The Morgan fingerprint density at radius 1 is 0.655 bits per heavy atom. The van der Waals surface area contributed by atoms with Crippen LogP contribution in [0.3, 0.4) is 0 Å². The van der Waals surface area contributed by atoms with Gasteiger partial charge in [-0.05, 0) is 0 Å². The van der Waals surface area contributed by atoms with Gasteiger partial charge in [-0.1, -0.05) is 0 Å². The van der Waals surface area contributed by atoms with Crippen LogP contribution >= 0.6 is 17.0 Å². The van der Waals surface area contributed by atoms with Gasteiger partial charge in [0, 0.05) is 0 Å². The zero-order valence-electron chi connectivity index (χ0n) is 16.7. The summed E-state index contributed by atoms with van der Waals surface area (Å²) in [7, 11) is 17.5. The third-order valence-corrected chi connectivity index (χ3v) is 47.4. The molecule has 0 aliphatic heterocycles. The molecule has 29 heavy (non-hydrogen) atoms. The quantitative estimate of drug-likeness (QED) is 0.362. The average Bonchev–Trinajstić information content (AvgIpc) is 3.35. The summed E-state index contributed by atoms with van der Waals surface area (Å²) >= 11 is -5.75. The molecule has 4 heteroatoms. The summed E-state index contributed by atoms with van der Waals surface area (Å²) in [5, 5.41) is 0. The number of rotatable bonds is 3. The fourth-order valence-electron chi connectivity index (χ4n) is 6.07. The number of fused-ring (bicyclic) bond motifs is 2. The summed E-state index contributed by atoms with van der Waals surface area (Å²) in [6.45, 7) is 0. The van der Waals surface area contributed by atoms with E-state index in [2.05, 4.69) is 108 Å². The summed E-state index contributed by atoms with van der Waals surface area (Å²) in [4.78, 5) is 0. The molecule has 0 bridgehead atoms. The molecule has 0 radical (unpaired) electrons. The zero-order chi connectivity index (χ0) is 20.4. The van der Waals surface area contributed by atoms with Gasteiger partial charge in [-0.3, -0.25) is 0 Å². The van der Waals surface area contributed by atoms with Crippen molar-refractivity contribution in [3.8, 4) is 0 Å². The number of benzene rings is 3. The van der Waals surface area contributed by atoms with Gasteiger partial charge in [0.25, 0.3) is 0 Å². The van der Waals surface area contributed by atoms with Crippen molar-refractivity contribution in [3.05, 3.63) is 113 Å². The third kappa shape index (κ3) is 2.41. The van der Waals surface area contributed by atoms with Crippen LogP contribution in [0.25, 0.3) is 12.2 Å². The molecule has 2 aliphatic carbocycles. The number of halogens is 2. The van der Waals surface area contributed by atoms with Gasteiger partial charge in [0.2, 0.25) is 0 Å². The van der Waals surface area contributed by atoms with Crippen molar-refractivity contribution in [1.82, 2.24) is 0 Å². The molecule has 0 saturated carbocycles. The second-order valence-electron chi connectivity index (χ2n) is 10.4. The van der Waals surface area contributed by atoms with Gasteiger partial charge < -0.3 is 0 Å². The van der Waals surface area contributed by atoms with E-state index in [9.17, 15) is 0 Å². The second-order valence-corrected chi connectivity index (χ2v) is 83.7. The molecule has 2 aliphatic rings. The summed E-state index contributed by atoms with van der Waals surface area (Å²) < 4.78 is 3.40. The van der Waals surface area contributed by atoms with Crippen LogP contribution in [0.5, 0.6) is 0 Å². The molecular formula is C25H25Cl2SiZr. The van der Waals surface area contributed by atoms with Crippen LogP contribution in [0.4, 0.5) is 0 Å². The van der Waals surface area contributed by atoms with Gasteiger partial charge in [0.1, 0.15) is 0 Å². The first-order chi connectivity index (χ1) is 13.6. The van der Waals surface area contributed by atoms with Crippen molar-refractivity contribution in [2.75, 3.05) is 0 Å². The number of hydrogen-bond donors (Lipinski definition) is 0. The van der Waals surface area contributed by atoms with Crippen LogP contribution in [0.1, 0.15) is 29.5 Å². The van der Waals surface area contributed by atoms with Crippen molar-refractivity contribution in [3.63, 3.8) is 0 Å².